The molecule has 1 saturated heterocycles. The predicted octanol–water partition coefficient (Wildman–Crippen LogP) is 2.76. The molecule has 0 spiro atoms. The standard InChI is InChI=1S/C17H22ClNO4/c1-12(5-6-15(20)21)19-16(22)17(7-9-23-10-8-17)13-3-2-4-14(18)11-13/h2-4,11-12H,5-10H2,1H3,(H,19,22)(H,20,21). The first-order chi connectivity index (χ1) is 10.9. The minimum atomic E-state index is -0.860. The number of carbonyl (C=O) groups is 2. The maximum atomic E-state index is 12.9. The fourth-order valence-corrected chi connectivity index (χ4v) is 3.12. The first-order valence-electron chi connectivity index (χ1n) is 7.80. The van der Waals surface area contributed by atoms with E-state index in [0.29, 0.717) is 37.5 Å². The summed E-state index contributed by atoms with van der Waals surface area (Å²) in [5.41, 5.74) is 0.219. The van der Waals surface area contributed by atoms with Crippen molar-refractivity contribution in [3.8, 4) is 0 Å². The van der Waals surface area contributed by atoms with Crippen molar-refractivity contribution in [2.45, 2.75) is 44.1 Å². The molecule has 1 aliphatic heterocycles. The Morgan fingerprint density at radius 3 is 2.70 bits per heavy atom. The van der Waals surface area contributed by atoms with E-state index in [1.54, 1.807) is 6.07 Å². The number of nitrogens with one attached hydrogen (secondary N) is 1. The maximum absolute atomic E-state index is 12.9. The number of halogens is 1. The van der Waals surface area contributed by atoms with Gasteiger partial charge in [-0.05, 0) is 43.9 Å². The van der Waals surface area contributed by atoms with E-state index in [0.717, 1.165) is 5.56 Å². The van der Waals surface area contributed by atoms with E-state index in [1.807, 2.05) is 25.1 Å². The number of hydrogen-bond donors (Lipinski definition) is 2. The number of rotatable bonds is 6. The average Bonchev–Trinajstić information content (AvgIpc) is 2.53. The topological polar surface area (TPSA) is 75.6 Å². The Hall–Kier alpha value is -1.59. The molecule has 6 heteroatoms. The third-order valence-corrected chi connectivity index (χ3v) is 4.56. The van der Waals surface area contributed by atoms with Crippen LogP contribution in [0.1, 0.15) is 38.2 Å². The summed E-state index contributed by atoms with van der Waals surface area (Å²) in [6, 6.07) is 7.17. The van der Waals surface area contributed by atoms with Gasteiger partial charge in [0.2, 0.25) is 5.91 Å². The lowest BCUT2D eigenvalue weighted by Gasteiger charge is -2.37. The Morgan fingerprint density at radius 2 is 2.09 bits per heavy atom. The van der Waals surface area contributed by atoms with E-state index in [1.165, 1.54) is 0 Å². The molecule has 1 aromatic rings. The van der Waals surface area contributed by atoms with Gasteiger partial charge in [0.15, 0.2) is 0 Å². The van der Waals surface area contributed by atoms with Crippen LogP contribution in [0.4, 0.5) is 0 Å². The van der Waals surface area contributed by atoms with Gasteiger partial charge in [-0.1, -0.05) is 23.7 Å². The van der Waals surface area contributed by atoms with E-state index in [9.17, 15) is 9.59 Å². The molecule has 1 heterocycles. The normalized spacial score (nSPS) is 18.2. The zero-order valence-electron chi connectivity index (χ0n) is 13.2. The third kappa shape index (κ3) is 4.45. The van der Waals surface area contributed by atoms with Crippen molar-refractivity contribution in [3.63, 3.8) is 0 Å². The van der Waals surface area contributed by atoms with Crippen LogP contribution in [-0.2, 0) is 19.7 Å². The number of aliphatic carboxylic acids is 1. The van der Waals surface area contributed by atoms with Crippen molar-refractivity contribution in [1.29, 1.82) is 0 Å². The van der Waals surface area contributed by atoms with Gasteiger partial charge in [-0.2, -0.15) is 0 Å². The van der Waals surface area contributed by atoms with Crippen molar-refractivity contribution in [1.82, 2.24) is 5.32 Å². The van der Waals surface area contributed by atoms with Gasteiger partial charge in [-0.3, -0.25) is 9.59 Å². The Balaban J connectivity index is 2.17. The Morgan fingerprint density at radius 1 is 1.39 bits per heavy atom. The van der Waals surface area contributed by atoms with Crippen LogP contribution in [0.25, 0.3) is 0 Å². The van der Waals surface area contributed by atoms with Crippen molar-refractivity contribution in [2.75, 3.05) is 13.2 Å². The van der Waals surface area contributed by atoms with Gasteiger partial charge in [0.1, 0.15) is 0 Å². The summed E-state index contributed by atoms with van der Waals surface area (Å²) in [5.74, 6) is -0.942. The van der Waals surface area contributed by atoms with Crippen molar-refractivity contribution < 1.29 is 19.4 Å². The van der Waals surface area contributed by atoms with E-state index < -0.39 is 11.4 Å². The summed E-state index contributed by atoms with van der Waals surface area (Å²) >= 11 is 6.09. The highest BCUT2D eigenvalue weighted by Crippen LogP contribution is 2.36. The molecule has 2 N–H and O–H groups in total. The van der Waals surface area contributed by atoms with E-state index in [4.69, 9.17) is 21.4 Å². The zero-order chi connectivity index (χ0) is 16.9. The summed E-state index contributed by atoms with van der Waals surface area (Å²) in [6.07, 6.45) is 1.62. The largest absolute Gasteiger partial charge is 0.481 e. The molecule has 1 unspecified atom stereocenters. The zero-order valence-corrected chi connectivity index (χ0v) is 13.9. The van der Waals surface area contributed by atoms with E-state index >= 15 is 0 Å². The fourth-order valence-electron chi connectivity index (χ4n) is 2.93. The predicted molar refractivity (Wildman–Crippen MR) is 87.7 cm³/mol. The molecule has 126 valence electrons. The summed E-state index contributed by atoms with van der Waals surface area (Å²) in [7, 11) is 0. The number of amides is 1. The SMILES string of the molecule is CC(CCC(=O)O)NC(=O)C1(c2cccc(Cl)c2)CCOCC1. The molecule has 1 aromatic carbocycles. The molecular formula is C17H22ClNO4. The van der Waals surface area contributed by atoms with Gasteiger partial charge in [0.05, 0.1) is 5.41 Å². The number of carboxylic acid groups (broad SMARTS) is 1. The molecule has 1 fully saturated rings. The molecule has 1 aliphatic rings. The Bertz CT molecular complexity index is 569. The molecule has 0 aliphatic carbocycles. The van der Waals surface area contributed by atoms with Gasteiger partial charge in [0.25, 0.3) is 0 Å². The lowest BCUT2D eigenvalue weighted by atomic mass is 9.73. The van der Waals surface area contributed by atoms with Crippen LogP contribution in [-0.4, -0.2) is 36.2 Å². The summed E-state index contributed by atoms with van der Waals surface area (Å²) in [4.78, 5) is 23.6. The van der Waals surface area contributed by atoms with Crippen LogP contribution in [0.3, 0.4) is 0 Å². The van der Waals surface area contributed by atoms with Gasteiger partial charge in [-0.25, -0.2) is 0 Å². The molecule has 0 aromatic heterocycles. The molecular weight excluding hydrogens is 318 g/mol. The number of ether oxygens (including phenoxy) is 1. The molecule has 0 saturated carbocycles. The molecule has 1 amide bonds. The fraction of sp³-hybridized carbons (Fsp3) is 0.529. The van der Waals surface area contributed by atoms with Crippen molar-refractivity contribution in [3.05, 3.63) is 34.9 Å². The molecule has 23 heavy (non-hydrogen) atoms. The monoisotopic (exact) mass is 339 g/mol. The Kier molecular flexibility index (Phi) is 6.02. The third-order valence-electron chi connectivity index (χ3n) is 4.33. The molecule has 2 rings (SSSR count). The Labute approximate surface area is 141 Å². The quantitative estimate of drug-likeness (QED) is 0.835. The summed E-state index contributed by atoms with van der Waals surface area (Å²) in [6.45, 7) is 2.86. The van der Waals surface area contributed by atoms with Gasteiger partial charge in [-0.15, -0.1) is 0 Å². The van der Waals surface area contributed by atoms with E-state index in [2.05, 4.69) is 5.32 Å². The second kappa shape index (κ2) is 7.79. The lowest BCUT2D eigenvalue weighted by Crippen LogP contribution is -2.50. The highest BCUT2D eigenvalue weighted by atomic mass is 35.5. The second-order valence-electron chi connectivity index (χ2n) is 6.01. The van der Waals surface area contributed by atoms with Crippen LogP contribution >= 0.6 is 11.6 Å². The van der Waals surface area contributed by atoms with Crippen LogP contribution in [0.5, 0.6) is 0 Å². The van der Waals surface area contributed by atoms with Crippen molar-refractivity contribution in [2.24, 2.45) is 0 Å². The molecule has 0 radical (unpaired) electrons. The van der Waals surface area contributed by atoms with Crippen LogP contribution in [0.15, 0.2) is 24.3 Å². The smallest absolute Gasteiger partial charge is 0.303 e. The van der Waals surface area contributed by atoms with Crippen LogP contribution in [0, 0.1) is 0 Å². The minimum Gasteiger partial charge on any atom is -0.481 e. The summed E-state index contributed by atoms with van der Waals surface area (Å²) in [5, 5.41) is 12.3. The highest BCUT2D eigenvalue weighted by molar-refractivity contribution is 6.30. The highest BCUT2D eigenvalue weighted by Gasteiger charge is 2.42. The van der Waals surface area contributed by atoms with E-state index in [-0.39, 0.29) is 18.4 Å². The van der Waals surface area contributed by atoms with Gasteiger partial charge >= 0.3 is 5.97 Å². The first-order valence-corrected chi connectivity index (χ1v) is 8.18. The lowest BCUT2D eigenvalue weighted by molar-refractivity contribution is -0.138. The molecule has 1 atom stereocenters. The molecule has 5 nitrogen and oxygen atoms in total. The van der Waals surface area contributed by atoms with Crippen LogP contribution < -0.4 is 5.32 Å². The average molecular weight is 340 g/mol. The second-order valence-corrected chi connectivity index (χ2v) is 6.45. The minimum absolute atomic E-state index is 0.0364. The van der Waals surface area contributed by atoms with Gasteiger partial charge < -0.3 is 15.2 Å². The number of carbonyl (C=O) groups excluding carboxylic acids is 1. The summed E-state index contributed by atoms with van der Waals surface area (Å²) < 4.78 is 5.42. The van der Waals surface area contributed by atoms with Gasteiger partial charge in [0, 0.05) is 30.7 Å². The number of carboxylic acids is 1. The number of benzene rings is 1. The number of hydrogen-bond acceptors (Lipinski definition) is 3. The molecule has 0 bridgehead atoms. The first kappa shape index (κ1) is 17.8. The maximum Gasteiger partial charge on any atom is 0.303 e. The van der Waals surface area contributed by atoms with Crippen molar-refractivity contribution >= 4 is 23.5 Å². The van der Waals surface area contributed by atoms with Crippen LogP contribution in [0.2, 0.25) is 5.02 Å².